The maximum Gasteiger partial charge on any atom is 0.272 e. The molecule has 2 amide bonds. The lowest BCUT2D eigenvalue weighted by Gasteiger charge is -2.34. The summed E-state index contributed by atoms with van der Waals surface area (Å²) in [6.45, 7) is 2.43. The van der Waals surface area contributed by atoms with E-state index in [0.717, 1.165) is 23.4 Å². The number of carbonyl (C=O) groups is 2. The molecular weight excluding hydrogens is 388 g/mol. The summed E-state index contributed by atoms with van der Waals surface area (Å²) >= 11 is 0. The van der Waals surface area contributed by atoms with Crippen molar-refractivity contribution in [3.8, 4) is 0 Å². The van der Waals surface area contributed by atoms with Crippen LogP contribution in [0, 0.1) is 6.92 Å². The number of rotatable bonds is 4. The lowest BCUT2D eigenvalue weighted by Crippen LogP contribution is -2.49. The van der Waals surface area contributed by atoms with Gasteiger partial charge in [-0.15, -0.1) is 0 Å². The van der Waals surface area contributed by atoms with Crippen molar-refractivity contribution in [3.05, 3.63) is 83.2 Å². The Morgan fingerprint density at radius 3 is 2.65 bits per heavy atom. The summed E-state index contributed by atoms with van der Waals surface area (Å²) in [4.78, 5) is 28.9. The van der Waals surface area contributed by atoms with E-state index in [1.165, 1.54) is 5.56 Å². The molecule has 1 saturated heterocycles. The number of amides is 2. The molecule has 1 aromatic heterocycles. The molecule has 1 fully saturated rings. The SMILES string of the molecule is Cc1cc(C(=O)N2CC[C@]3(C(=O)Nc4ccccc43)[C@@H]2CCc2ccccc2)n(C)n1. The second kappa shape index (κ2) is 7.38. The first-order valence-corrected chi connectivity index (χ1v) is 10.8. The van der Waals surface area contributed by atoms with E-state index in [1.807, 2.05) is 60.4 Å². The summed E-state index contributed by atoms with van der Waals surface area (Å²) in [5, 5.41) is 7.43. The molecule has 158 valence electrons. The Morgan fingerprint density at radius 1 is 1.16 bits per heavy atom. The van der Waals surface area contributed by atoms with Gasteiger partial charge in [0.05, 0.1) is 17.2 Å². The highest BCUT2D eigenvalue weighted by molar-refractivity contribution is 6.08. The molecule has 2 aromatic carbocycles. The molecule has 0 bridgehead atoms. The van der Waals surface area contributed by atoms with Gasteiger partial charge in [-0.2, -0.15) is 5.10 Å². The molecule has 3 heterocycles. The number of carbonyl (C=O) groups excluding carboxylic acids is 2. The minimum Gasteiger partial charge on any atom is -0.333 e. The highest BCUT2D eigenvalue weighted by Gasteiger charge is 2.58. The van der Waals surface area contributed by atoms with Crippen molar-refractivity contribution in [2.45, 2.75) is 37.6 Å². The lowest BCUT2D eigenvalue weighted by molar-refractivity contribution is -0.121. The molecule has 2 aliphatic rings. The van der Waals surface area contributed by atoms with E-state index in [-0.39, 0.29) is 17.9 Å². The topological polar surface area (TPSA) is 67.2 Å². The Morgan fingerprint density at radius 2 is 1.90 bits per heavy atom. The van der Waals surface area contributed by atoms with Crippen molar-refractivity contribution in [1.29, 1.82) is 0 Å². The van der Waals surface area contributed by atoms with Gasteiger partial charge in [0.25, 0.3) is 5.91 Å². The van der Waals surface area contributed by atoms with Crippen molar-refractivity contribution in [2.24, 2.45) is 7.05 Å². The number of benzene rings is 2. The Balaban J connectivity index is 1.55. The third-order valence-electron chi connectivity index (χ3n) is 6.78. The fraction of sp³-hybridized carbons (Fsp3) is 0.320. The Labute approximate surface area is 181 Å². The number of nitrogens with one attached hydrogen (secondary N) is 1. The van der Waals surface area contributed by atoms with Crippen molar-refractivity contribution in [1.82, 2.24) is 14.7 Å². The molecule has 2 aliphatic heterocycles. The molecule has 0 radical (unpaired) electrons. The normalized spacial score (nSPS) is 22.1. The second-order valence-corrected chi connectivity index (χ2v) is 8.55. The summed E-state index contributed by atoms with van der Waals surface area (Å²) in [5.74, 6) is -0.0570. The molecule has 6 heteroatoms. The van der Waals surface area contributed by atoms with Gasteiger partial charge in [0.15, 0.2) is 0 Å². The van der Waals surface area contributed by atoms with Crippen molar-refractivity contribution in [3.63, 3.8) is 0 Å². The first-order chi connectivity index (χ1) is 15.0. The number of likely N-dealkylation sites (tertiary alicyclic amines) is 1. The summed E-state index contributed by atoms with van der Waals surface area (Å²) in [6.07, 6.45) is 2.14. The molecular formula is C25H26N4O2. The average Bonchev–Trinajstić information content (AvgIpc) is 3.41. The molecule has 0 unspecified atom stereocenters. The quantitative estimate of drug-likeness (QED) is 0.711. The minimum atomic E-state index is -0.714. The predicted octanol–water partition coefficient (Wildman–Crippen LogP) is 3.47. The van der Waals surface area contributed by atoms with Crippen LogP contribution in [-0.2, 0) is 23.7 Å². The van der Waals surface area contributed by atoms with Crippen LogP contribution in [0.3, 0.4) is 0 Å². The average molecular weight is 415 g/mol. The van der Waals surface area contributed by atoms with E-state index in [2.05, 4.69) is 22.5 Å². The molecule has 0 saturated carbocycles. The zero-order valence-corrected chi connectivity index (χ0v) is 17.8. The van der Waals surface area contributed by atoms with Gasteiger partial charge in [0.1, 0.15) is 5.69 Å². The molecule has 1 spiro atoms. The van der Waals surface area contributed by atoms with E-state index in [4.69, 9.17) is 0 Å². The number of hydrogen-bond donors (Lipinski definition) is 1. The van der Waals surface area contributed by atoms with Gasteiger partial charge in [0, 0.05) is 19.3 Å². The number of nitrogens with zero attached hydrogens (tertiary/aromatic N) is 3. The third kappa shape index (κ3) is 3.05. The van der Waals surface area contributed by atoms with E-state index < -0.39 is 5.41 Å². The highest BCUT2D eigenvalue weighted by atomic mass is 16.2. The van der Waals surface area contributed by atoms with E-state index in [0.29, 0.717) is 25.1 Å². The van der Waals surface area contributed by atoms with Gasteiger partial charge in [-0.3, -0.25) is 14.3 Å². The van der Waals surface area contributed by atoms with Crippen molar-refractivity contribution < 1.29 is 9.59 Å². The first-order valence-electron chi connectivity index (χ1n) is 10.8. The maximum atomic E-state index is 13.6. The Kier molecular flexibility index (Phi) is 4.65. The molecule has 3 aromatic rings. The highest BCUT2D eigenvalue weighted by Crippen LogP contribution is 2.49. The predicted molar refractivity (Wildman–Crippen MR) is 119 cm³/mol. The van der Waals surface area contributed by atoms with Crippen molar-refractivity contribution >= 4 is 17.5 Å². The molecule has 1 N–H and O–H groups in total. The zero-order chi connectivity index (χ0) is 21.6. The third-order valence-corrected chi connectivity index (χ3v) is 6.78. The maximum absolute atomic E-state index is 13.6. The van der Waals surface area contributed by atoms with Gasteiger partial charge in [-0.25, -0.2) is 0 Å². The smallest absolute Gasteiger partial charge is 0.272 e. The molecule has 0 aliphatic carbocycles. The van der Waals surface area contributed by atoms with Crippen molar-refractivity contribution in [2.75, 3.05) is 11.9 Å². The fourth-order valence-electron chi connectivity index (χ4n) is 5.35. The lowest BCUT2D eigenvalue weighted by atomic mass is 9.73. The van der Waals surface area contributed by atoms with Crippen LogP contribution in [0.25, 0.3) is 0 Å². The number of aromatic nitrogens is 2. The van der Waals surface area contributed by atoms with E-state index >= 15 is 0 Å². The van der Waals surface area contributed by atoms with Gasteiger partial charge < -0.3 is 10.2 Å². The second-order valence-electron chi connectivity index (χ2n) is 8.55. The molecule has 2 atom stereocenters. The zero-order valence-electron chi connectivity index (χ0n) is 17.8. The van der Waals surface area contributed by atoms with Crippen LogP contribution < -0.4 is 5.32 Å². The van der Waals surface area contributed by atoms with Crippen LogP contribution in [0.4, 0.5) is 5.69 Å². The summed E-state index contributed by atoms with van der Waals surface area (Å²) in [5.41, 5.74) is 3.74. The molecule has 6 nitrogen and oxygen atoms in total. The summed E-state index contributed by atoms with van der Waals surface area (Å²) in [7, 11) is 1.79. The summed E-state index contributed by atoms with van der Waals surface area (Å²) < 4.78 is 1.64. The number of hydrogen-bond acceptors (Lipinski definition) is 3. The number of anilines is 1. The first kappa shape index (κ1) is 19.5. The minimum absolute atomic E-state index is 0.00301. The van der Waals surface area contributed by atoms with Crippen LogP contribution in [0.5, 0.6) is 0 Å². The van der Waals surface area contributed by atoms with Crippen LogP contribution in [0.15, 0.2) is 60.7 Å². The van der Waals surface area contributed by atoms with E-state index in [9.17, 15) is 9.59 Å². The van der Waals surface area contributed by atoms with Gasteiger partial charge >= 0.3 is 0 Å². The summed E-state index contributed by atoms with van der Waals surface area (Å²) in [6, 6.07) is 19.7. The fourth-order valence-corrected chi connectivity index (χ4v) is 5.35. The Hall–Kier alpha value is -3.41. The number of aryl methyl sites for hydroxylation is 3. The standard InChI is InChI=1S/C25H26N4O2/c1-17-16-21(28(2)27-17)23(30)29-15-14-25(19-10-6-7-11-20(19)26-24(25)31)22(29)13-12-18-8-4-3-5-9-18/h3-11,16,22H,12-15H2,1-2H3,(H,26,31)/t22-,25+/m0/s1. The van der Waals surface area contributed by atoms with Gasteiger partial charge in [-0.05, 0) is 49.4 Å². The largest absolute Gasteiger partial charge is 0.333 e. The van der Waals surface area contributed by atoms with Gasteiger partial charge in [-0.1, -0.05) is 48.5 Å². The van der Waals surface area contributed by atoms with E-state index in [1.54, 1.807) is 11.7 Å². The monoisotopic (exact) mass is 414 g/mol. The number of fused-ring (bicyclic) bond motifs is 2. The van der Waals surface area contributed by atoms with Crippen LogP contribution in [0.1, 0.15) is 40.2 Å². The van der Waals surface area contributed by atoms with Crippen LogP contribution in [-0.4, -0.2) is 39.1 Å². The van der Waals surface area contributed by atoms with Crippen LogP contribution >= 0.6 is 0 Å². The number of para-hydroxylation sites is 1. The van der Waals surface area contributed by atoms with Gasteiger partial charge in [0.2, 0.25) is 5.91 Å². The Bertz CT molecular complexity index is 1150. The molecule has 31 heavy (non-hydrogen) atoms. The van der Waals surface area contributed by atoms with Crippen LogP contribution in [0.2, 0.25) is 0 Å². The molecule has 5 rings (SSSR count).